The molecule has 0 aliphatic heterocycles. The Morgan fingerprint density at radius 2 is 0.813 bits per heavy atom. The van der Waals surface area contributed by atoms with Crippen molar-refractivity contribution >= 4 is 75.8 Å². The lowest BCUT2D eigenvalue weighted by Crippen LogP contribution is -1.97. The number of fused-ring (bicyclic) bond motifs is 10. The molecule has 0 atom stereocenters. The first-order valence-corrected chi connectivity index (χ1v) is 25.7. The molecule has 0 fully saturated rings. The quantitative estimate of drug-likeness (QED) is 0.159. The van der Waals surface area contributed by atoms with Crippen LogP contribution in [0.5, 0.6) is 0 Å². The van der Waals surface area contributed by atoms with E-state index in [0.29, 0.717) is 5.82 Å². The first-order chi connectivity index (χ1) is 37.2. The van der Waals surface area contributed by atoms with Gasteiger partial charge in [-0.25, -0.2) is 9.97 Å². The number of hydrogen-bond acceptors (Lipinski definition) is 2. The zero-order chi connectivity index (χ0) is 49.4. The zero-order valence-electron chi connectivity index (χ0n) is 40.8. The Kier molecular flexibility index (Phi) is 9.89. The molecular formula is C72H45N3. The summed E-state index contributed by atoms with van der Waals surface area (Å²) in [6, 6.07) is 99.1. The maximum Gasteiger partial charge on any atom is 0.161 e. The molecule has 0 saturated heterocycles. The molecular weight excluding hydrogens is 907 g/mol. The van der Waals surface area contributed by atoms with Crippen LogP contribution in [0.3, 0.4) is 0 Å². The molecule has 3 heteroatoms. The molecule has 0 radical (unpaired) electrons. The van der Waals surface area contributed by atoms with Crippen molar-refractivity contribution in [1.29, 1.82) is 0 Å². The van der Waals surface area contributed by atoms with Crippen LogP contribution in [0.15, 0.2) is 273 Å². The molecule has 2 heterocycles. The van der Waals surface area contributed by atoms with Crippen LogP contribution in [-0.2, 0) is 0 Å². The fraction of sp³-hybridized carbons (Fsp3) is 0. The third kappa shape index (κ3) is 7.20. The number of benzene rings is 13. The van der Waals surface area contributed by atoms with Crippen molar-refractivity contribution in [3.63, 3.8) is 0 Å². The van der Waals surface area contributed by atoms with E-state index in [1.165, 1.54) is 87.5 Å². The van der Waals surface area contributed by atoms with Gasteiger partial charge in [0.15, 0.2) is 5.82 Å². The molecule has 0 aliphatic rings. The molecule has 3 nitrogen and oxygen atoms in total. The van der Waals surface area contributed by atoms with Gasteiger partial charge in [0.2, 0.25) is 0 Å². The minimum absolute atomic E-state index is 0.698. The summed E-state index contributed by atoms with van der Waals surface area (Å²) in [6.45, 7) is 0. The van der Waals surface area contributed by atoms with Crippen LogP contribution in [-0.4, -0.2) is 14.5 Å². The molecule has 0 spiro atoms. The maximum absolute atomic E-state index is 5.45. The minimum Gasteiger partial charge on any atom is -0.309 e. The van der Waals surface area contributed by atoms with E-state index in [2.05, 4.69) is 278 Å². The SMILES string of the molecule is c1ccc(-c2cc(-c3ccccc3)cc(-c3ccc(-c4nc(-c5cccc6cc(-n7c8ccc9ccccc9c8c8c9ccccc9c(-c9ccc%10ccccc%10c9)cc87)ccc56)nc5ccccc45)cc3)c2)cc1. The van der Waals surface area contributed by atoms with Crippen molar-refractivity contribution in [2.24, 2.45) is 0 Å². The number of hydrogen-bond donors (Lipinski definition) is 0. The van der Waals surface area contributed by atoms with E-state index in [4.69, 9.17) is 9.97 Å². The average Bonchev–Trinajstić information content (AvgIpc) is 3.93. The fourth-order valence-electron chi connectivity index (χ4n) is 11.7. The molecule has 0 bridgehead atoms. The fourth-order valence-corrected chi connectivity index (χ4v) is 11.7. The predicted molar refractivity (Wildman–Crippen MR) is 317 cm³/mol. The van der Waals surface area contributed by atoms with E-state index in [1.54, 1.807) is 0 Å². The van der Waals surface area contributed by atoms with Gasteiger partial charge in [0, 0.05) is 33.0 Å². The normalized spacial score (nSPS) is 11.7. The van der Waals surface area contributed by atoms with Crippen molar-refractivity contribution in [1.82, 2.24) is 14.5 Å². The summed E-state index contributed by atoms with van der Waals surface area (Å²) >= 11 is 0. The Balaban J connectivity index is 0.871. The van der Waals surface area contributed by atoms with Crippen LogP contribution in [0.2, 0.25) is 0 Å². The van der Waals surface area contributed by atoms with Gasteiger partial charge in [0.1, 0.15) is 0 Å². The number of rotatable bonds is 7. The topological polar surface area (TPSA) is 30.7 Å². The third-order valence-electron chi connectivity index (χ3n) is 15.3. The highest BCUT2D eigenvalue weighted by atomic mass is 15.0. The monoisotopic (exact) mass is 951 g/mol. The van der Waals surface area contributed by atoms with E-state index in [1.807, 2.05) is 0 Å². The van der Waals surface area contributed by atoms with Crippen molar-refractivity contribution in [2.45, 2.75) is 0 Å². The smallest absolute Gasteiger partial charge is 0.161 e. The first-order valence-electron chi connectivity index (χ1n) is 25.7. The standard InChI is InChI=1S/C72H45N3/c1-3-16-46(17-4-1)55-41-56(47-18-5-2-6-19-47)43-57(42-55)49-30-33-51(34-31-49)71-64-27-13-14-29-66(64)73-72(74-71)63-28-15-23-53-44-58(37-38-59(53)63)75-67-39-36-50-21-9-10-24-60(50)69(67)70-62-26-12-11-25-61(62)65(45-68(70)75)54-35-32-48-20-7-8-22-52(48)40-54/h1-45H. The summed E-state index contributed by atoms with van der Waals surface area (Å²) in [5.74, 6) is 0.698. The van der Waals surface area contributed by atoms with Gasteiger partial charge in [-0.2, -0.15) is 0 Å². The van der Waals surface area contributed by atoms with Crippen molar-refractivity contribution in [2.75, 3.05) is 0 Å². The molecule has 0 saturated carbocycles. The van der Waals surface area contributed by atoms with E-state index in [0.717, 1.165) is 55.3 Å². The van der Waals surface area contributed by atoms with E-state index < -0.39 is 0 Å². The molecule has 15 aromatic rings. The second-order valence-electron chi connectivity index (χ2n) is 19.7. The van der Waals surface area contributed by atoms with Crippen LogP contribution < -0.4 is 0 Å². The molecule has 0 aliphatic carbocycles. The lowest BCUT2D eigenvalue weighted by atomic mass is 9.93. The van der Waals surface area contributed by atoms with E-state index >= 15 is 0 Å². The van der Waals surface area contributed by atoms with Gasteiger partial charge in [-0.05, 0) is 142 Å². The molecule has 0 amide bonds. The van der Waals surface area contributed by atoms with Crippen molar-refractivity contribution in [3.05, 3.63) is 273 Å². The van der Waals surface area contributed by atoms with E-state index in [-0.39, 0.29) is 0 Å². The predicted octanol–water partition coefficient (Wildman–Crippen LogP) is 19.3. The summed E-state index contributed by atoms with van der Waals surface area (Å²) in [5, 5.41) is 13.2. The Bertz CT molecular complexity index is 4690. The summed E-state index contributed by atoms with van der Waals surface area (Å²) in [6.07, 6.45) is 0. The summed E-state index contributed by atoms with van der Waals surface area (Å²) in [7, 11) is 0. The van der Waals surface area contributed by atoms with Gasteiger partial charge in [0.05, 0.1) is 22.2 Å². The van der Waals surface area contributed by atoms with Crippen LogP contribution >= 0.6 is 0 Å². The minimum atomic E-state index is 0.698. The van der Waals surface area contributed by atoms with Gasteiger partial charge in [-0.3, -0.25) is 0 Å². The van der Waals surface area contributed by atoms with E-state index in [9.17, 15) is 0 Å². The molecule has 348 valence electrons. The van der Waals surface area contributed by atoms with Gasteiger partial charge in [-0.15, -0.1) is 0 Å². The second-order valence-corrected chi connectivity index (χ2v) is 19.7. The third-order valence-corrected chi connectivity index (χ3v) is 15.3. The van der Waals surface area contributed by atoms with Gasteiger partial charge < -0.3 is 4.57 Å². The highest BCUT2D eigenvalue weighted by Gasteiger charge is 2.21. The Labute approximate surface area is 433 Å². The van der Waals surface area contributed by atoms with Crippen LogP contribution in [0.1, 0.15) is 0 Å². The zero-order valence-corrected chi connectivity index (χ0v) is 40.8. The Morgan fingerprint density at radius 3 is 1.56 bits per heavy atom. The van der Waals surface area contributed by atoms with Gasteiger partial charge >= 0.3 is 0 Å². The lowest BCUT2D eigenvalue weighted by molar-refractivity contribution is 1.19. The molecule has 0 N–H and O–H groups in total. The molecule has 15 rings (SSSR count). The number of nitrogens with zero attached hydrogens (tertiary/aromatic N) is 3. The van der Waals surface area contributed by atoms with Gasteiger partial charge in [-0.1, -0.05) is 218 Å². The lowest BCUT2D eigenvalue weighted by Gasteiger charge is -2.15. The highest BCUT2D eigenvalue weighted by Crippen LogP contribution is 2.45. The van der Waals surface area contributed by atoms with Crippen LogP contribution in [0, 0.1) is 0 Å². The largest absolute Gasteiger partial charge is 0.309 e. The van der Waals surface area contributed by atoms with Crippen molar-refractivity contribution < 1.29 is 0 Å². The summed E-state index contributed by atoms with van der Waals surface area (Å²) < 4.78 is 2.48. The average molecular weight is 952 g/mol. The molecule has 75 heavy (non-hydrogen) atoms. The number of para-hydroxylation sites is 1. The number of aromatic nitrogens is 3. The molecule has 0 unspecified atom stereocenters. The Hall–Kier alpha value is -9.96. The summed E-state index contributed by atoms with van der Waals surface area (Å²) in [5.41, 5.74) is 16.8. The van der Waals surface area contributed by atoms with Crippen molar-refractivity contribution in [3.8, 4) is 72.8 Å². The van der Waals surface area contributed by atoms with Gasteiger partial charge in [0.25, 0.3) is 0 Å². The second kappa shape index (κ2) is 17.4. The summed E-state index contributed by atoms with van der Waals surface area (Å²) in [4.78, 5) is 10.7. The molecule has 13 aromatic carbocycles. The van der Waals surface area contributed by atoms with Crippen LogP contribution in [0.4, 0.5) is 0 Å². The Morgan fingerprint density at radius 1 is 0.253 bits per heavy atom. The van der Waals surface area contributed by atoms with Crippen LogP contribution in [0.25, 0.3) is 149 Å². The first kappa shape index (κ1) is 42.7. The maximum atomic E-state index is 5.45. The molecule has 2 aromatic heterocycles. The highest BCUT2D eigenvalue weighted by molar-refractivity contribution is 6.30.